The normalized spacial score (nSPS) is 24.6. The number of unbranched alkanes of at least 4 members (excludes halogenated alkanes) is 2. The summed E-state index contributed by atoms with van der Waals surface area (Å²) in [6, 6.07) is 4.58. The third-order valence-electron chi connectivity index (χ3n) is 7.53. The molecule has 0 aliphatic heterocycles. The molecule has 188 valence electrons. The zero-order valence-corrected chi connectivity index (χ0v) is 22.0. The maximum absolute atomic E-state index is 11.3. The van der Waals surface area contributed by atoms with Crippen LogP contribution in [0, 0.1) is 17.3 Å². The van der Waals surface area contributed by atoms with Crippen molar-refractivity contribution in [1.82, 2.24) is 0 Å². The molecule has 4 aliphatic rings. The monoisotopic (exact) mass is 460 g/mol. The highest BCUT2D eigenvalue weighted by Gasteiger charge is 2.53. The molecule has 2 bridgehead atoms. The molecular weight excluding hydrogens is 412 g/mol. The summed E-state index contributed by atoms with van der Waals surface area (Å²) in [6.07, 6.45) is 11.5. The largest absolute Gasteiger partial charge is 0.508 e. The second kappa shape index (κ2) is 14.4. The zero-order chi connectivity index (χ0) is 25.0. The van der Waals surface area contributed by atoms with E-state index in [1.807, 2.05) is 0 Å². The summed E-state index contributed by atoms with van der Waals surface area (Å²) in [6.45, 7) is 13.2. The van der Waals surface area contributed by atoms with E-state index in [4.69, 9.17) is 5.11 Å². The van der Waals surface area contributed by atoms with Gasteiger partial charge in [-0.1, -0.05) is 73.3 Å². The lowest BCUT2D eigenvalue weighted by molar-refractivity contribution is -0.148. The van der Waals surface area contributed by atoms with Crippen LogP contribution in [-0.4, -0.2) is 21.8 Å². The fourth-order valence-corrected chi connectivity index (χ4v) is 4.71. The van der Waals surface area contributed by atoms with Crippen LogP contribution >= 0.6 is 0 Å². The van der Waals surface area contributed by atoms with Crippen molar-refractivity contribution in [2.24, 2.45) is 17.3 Å². The summed E-state index contributed by atoms with van der Waals surface area (Å²) in [5, 5.41) is 18.8. The quantitative estimate of drug-likeness (QED) is 0.480. The van der Waals surface area contributed by atoms with Crippen molar-refractivity contribution < 1.29 is 19.8 Å². The fraction of sp³-hybridized carbons (Fsp3) is 0.724. The fourth-order valence-electron chi connectivity index (χ4n) is 4.71. The molecule has 0 radical (unpaired) electrons. The second-order valence-corrected chi connectivity index (χ2v) is 10.4. The minimum Gasteiger partial charge on any atom is -0.508 e. The molecule has 0 amide bonds. The first-order chi connectivity index (χ1) is 15.6. The highest BCUT2D eigenvalue weighted by atomic mass is 16.3. The van der Waals surface area contributed by atoms with Crippen LogP contribution in [0.2, 0.25) is 0 Å². The van der Waals surface area contributed by atoms with Crippen molar-refractivity contribution in [1.29, 1.82) is 0 Å². The molecule has 4 heteroatoms. The number of rotatable bonds is 3. The molecule has 4 nitrogen and oxygen atoms in total. The first-order valence-electron chi connectivity index (χ1n) is 13.2. The molecule has 4 fully saturated rings. The minimum atomic E-state index is 0.0541. The molecule has 0 saturated heterocycles. The average Bonchev–Trinajstić information content (AvgIpc) is 2.79. The lowest BCUT2D eigenvalue weighted by Gasteiger charge is -2.55. The smallest absolute Gasteiger partial charge is 0.136 e. The van der Waals surface area contributed by atoms with Gasteiger partial charge in [-0.3, -0.25) is 9.59 Å². The standard InChI is InChI=1S/C12H14O3.C9H14O.2C4H10/c13-9-3-1-2-8(6-9)11-5-4-10(14)7-12(11)15;1-9(2)6-3-4-8(10)7(9)5-6;2*1-3-4-2/h4-5,7-8,14-15H,1-3,6H2;6-7H,3-5H2,1-2H3;2*3-4H2,1-2H3. The van der Waals surface area contributed by atoms with Gasteiger partial charge in [0.2, 0.25) is 0 Å². The van der Waals surface area contributed by atoms with E-state index in [-0.39, 0.29) is 23.2 Å². The third kappa shape index (κ3) is 8.79. The summed E-state index contributed by atoms with van der Waals surface area (Å²) < 4.78 is 0. The summed E-state index contributed by atoms with van der Waals surface area (Å²) in [4.78, 5) is 22.5. The second-order valence-electron chi connectivity index (χ2n) is 10.4. The van der Waals surface area contributed by atoms with Crippen LogP contribution in [0.15, 0.2) is 18.2 Å². The van der Waals surface area contributed by atoms with Crippen LogP contribution in [0.1, 0.15) is 124 Å². The summed E-state index contributed by atoms with van der Waals surface area (Å²) in [7, 11) is 0. The number of phenols is 2. The van der Waals surface area contributed by atoms with Gasteiger partial charge in [-0.25, -0.2) is 0 Å². The topological polar surface area (TPSA) is 74.6 Å². The van der Waals surface area contributed by atoms with E-state index in [2.05, 4.69) is 41.5 Å². The number of carbonyl (C=O) groups is 2. The number of fused-ring (bicyclic) bond motifs is 2. The molecule has 5 rings (SSSR count). The van der Waals surface area contributed by atoms with E-state index in [9.17, 15) is 14.7 Å². The summed E-state index contributed by atoms with van der Waals surface area (Å²) in [5.74, 6) is 2.33. The maximum Gasteiger partial charge on any atom is 0.136 e. The van der Waals surface area contributed by atoms with Gasteiger partial charge in [0.25, 0.3) is 0 Å². The predicted octanol–water partition coefficient (Wildman–Crippen LogP) is 7.95. The van der Waals surface area contributed by atoms with Crippen molar-refractivity contribution in [3.63, 3.8) is 0 Å². The summed E-state index contributed by atoms with van der Waals surface area (Å²) >= 11 is 0. The van der Waals surface area contributed by atoms with E-state index in [1.165, 1.54) is 38.2 Å². The number of hydrogen-bond acceptors (Lipinski definition) is 4. The van der Waals surface area contributed by atoms with Gasteiger partial charge in [-0.15, -0.1) is 0 Å². The number of carbonyl (C=O) groups excluding carboxylic acids is 2. The summed E-state index contributed by atoms with van der Waals surface area (Å²) in [5.41, 5.74) is 1.14. The van der Waals surface area contributed by atoms with Gasteiger partial charge >= 0.3 is 0 Å². The molecule has 33 heavy (non-hydrogen) atoms. The van der Waals surface area contributed by atoms with E-state index in [0.717, 1.165) is 37.2 Å². The number of Topliss-reactive ketones (excluding diaryl/α,β-unsaturated/α-hetero) is 2. The maximum atomic E-state index is 11.3. The van der Waals surface area contributed by atoms with Crippen LogP contribution < -0.4 is 0 Å². The van der Waals surface area contributed by atoms with Crippen LogP contribution in [0.25, 0.3) is 0 Å². The minimum absolute atomic E-state index is 0.0541. The van der Waals surface area contributed by atoms with Crippen LogP contribution in [-0.2, 0) is 9.59 Å². The first-order valence-corrected chi connectivity index (χ1v) is 13.2. The van der Waals surface area contributed by atoms with E-state index < -0.39 is 0 Å². The SMILES string of the molecule is CC1(C)C2CCC(=O)C1C2.CCCC.CCCC.O=C1CCCC(c2ccc(O)cc2O)C1. The Morgan fingerprint density at radius 2 is 1.52 bits per heavy atom. The molecule has 4 saturated carbocycles. The van der Waals surface area contributed by atoms with Crippen molar-refractivity contribution >= 4 is 11.6 Å². The van der Waals surface area contributed by atoms with Crippen molar-refractivity contribution in [2.45, 2.75) is 118 Å². The number of phenolic OH excluding ortho intramolecular Hbond substituents is 2. The van der Waals surface area contributed by atoms with Crippen molar-refractivity contribution in [3.8, 4) is 11.5 Å². The molecule has 3 unspecified atom stereocenters. The van der Waals surface area contributed by atoms with Gasteiger partial charge in [0, 0.05) is 31.2 Å². The Labute approximate surface area is 202 Å². The van der Waals surface area contributed by atoms with Crippen LogP contribution in [0.3, 0.4) is 0 Å². The molecule has 3 atom stereocenters. The number of benzene rings is 1. The molecule has 0 heterocycles. The van der Waals surface area contributed by atoms with Gasteiger partial charge < -0.3 is 10.2 Å². The van der Waals surface area contributed by atoms with Gasteiger partial charge in [0.1, 0.15) is 23.1 Å². The lowest BCUT2D eigenvalue weighted by Crippen LogP contribution is -2.52. The number of hydrogen-bond donors (Lipinski definition) is 2. The Morgan fingerprint density at radius 1 is 0.909 bits per heavy atom. The highest BCUT2D eigenvalue weighted by molar-refractivity contribution is 5.84. The van der Waals surface area contributed by atoms with Crippen LogP contribution in [0.4, 0.5) is 0 Å². The third-order valence-corrected chi connectivity index (χ3v) is 7.53. The Balaban J connectivity index is 0.000000260. The predicted molar refractivity (Wildman–Crippen MR) is 137 cm³/mol. The molecular formula is C29H48O4. The van der Waals surface area contributed by atoms with Crippen LogP contribution in [0.5, 0.6) is 11.5 Å². The van der Waals surface area contributed by atoms with Gasteiger partial charge in [-0.05, 0) is 54.6 Å². The molecule has 1 aromatic carbocycles. The van der Waals surface area contributed by atoms with E-state index >= 15 is 0 Å². The lowest BCUT2D eigenvalue weighted by atomic mass is 9.48. The Morgan fingerprint density at radius 3 is 1.91 bits per heavy atom. The highest BCUT2D eigenvalue weighted by Crippen LogP contribution is 2.57. The van der Waals surface area contributed by atoms with Crippen molar-refractivity contribution in [3.05, 3.63) is 23.8 Å². The average molecular weight is 461 g/mol. The van der Waals surface area contributed by atoms with Crippen molar-refractivity contribution in [2.75, 3.05) is 0 Å². The number of ketones is 2. The Kier molecular flexibility index (Phi) is 12.8. The van der Waals surface area contributed by atoms with Gasteiger partial charge in [0.15, 0.2) is 0 Å². The van der Waals surface area contributed by atoms with E-state index in [1.54, 1.807) is 12.1 Å². The zero-order valence-electron chi connectivity index (χ0n) is 22.0. The number of aromatic hydroxyl groups is 2. The van der Waals surface area contributed by atoms with Gasteiger partial charge in [0.05, 0.1) is 0 Å². The molecule has 0 spiro atoms. The van der Waals surface area contributed by atoms with E-state index in [0.29, 0.717) is 30.0 Å². The first kappa shape index (κ1) is 29.2. The molecule has 1 aromatic rings. The molecule has 0 aromatic heterocycles. The Bertz CT molecular complexity index is 727. The molecule has 4 aliphatic carbocycles. The van der Waals surface area contributed by atoms with Gasteiger partial charge in [-0.2, -0.15) is 0 Å². The molecule has 2 N–H and O–H groups in total. The Hall–Kier alpha value is -1.84.